The molecule has 3 aromatic carbocycles. The molecule has 1 atom stereocenters. The monoisotopic (exact) mass is 383 g/mol. The summed E-state index contributed by atoms with van der Waals surface area (Å²) >= 11 is 0. The van der Waals surface area contributed by atoms with E-state index < -0.39 is 0 Å². The van der Waals surface area contributed by atoms with E-state index in [1.54, 1.807) is 6.20 Å². The van der Waals surface area contributed by atoms with Gasteiger partial charge in [0.2, 0.25) is 0 Å². The molecule has 1 aromatic heterocycles. The van der Waals surface area contributed by atoms with Gasteiger partial charge in [0, 0.05) is 36.4 Å². The van der Waals surface area contributed by atoms with Crippen molar-refractivity contribution in [3.8, 4) is 0 Å². The van der Waals surface area contributed by atoms with Gasteiger partial charge in [-0.25, -0.2) is 0 Å². The average Bonchev–Trinajstić information content (AvgIpc) is 2.74. The fraction of sp³-hybridized carbons (Fsp3) is 0.240. The molecule has 1 unspecified atom stereocenters. The highest BCUT2D eigenvalue weighted by Gasteiger charge is 2.20. The molecule has 0 spiro atoms. The van der Waals surface area contributed by atoms with Gasteiger partial charge in [0.1, 0.15) is 0 Å². The van der Waals surface area contributed by atoms with Crippen LogP contribution >= 0.6 is 0 Å². The molecule has 1 aliphatic rings. The van der Waals surface area contributed by atoms with E-state index in [2.05, 4.69) is 63.7 Å². The Labute approximate surface area is 170 Å². The van der Waals surface area contributed by atoms with Crippen LogP contribution in [-0.2, 0) is 6.54 Å². The first-order chi connectivity index (χ1) is 14.2. The van der Waals surface area contributed by atoms with Crippen molar-refractivity contribution in [3.05, 3.63) is 88.8 Å². The molecule has 29 heavy (non-hydrogen) atoms. The number of hydrogen-bond acceptors (Lipinski definition) is 3. The number of nitrogens with zero attached hydrogens (tertiary/aromatic N) is 1. The van der Waals surface area contributed by atoms with Crippen molar-refractivity contribution in [1.82, 2.24) is 9.88 Å². The molecule has 2 N–H and O–H groups in total. The van der Waals surface area contributed by atoms with E-state index in [1.165, 1.54) is 29.2 Å². The molecule has 4 aromatic rings. The molecular weight excluding hydrogens is 358 g/mol. The SMILES string of the molecule is O=c1[nH]ccc2cc(NC3CCCN(Cc4ccc5ccccc5c4)C3)ccc12. The van der Waals surface area contributed by atoms with Gasteiger partial charge in [-0.3, -0.25) is 9.69 Å². The van der Waals surface area contributed by atoms with E-state index in [9.17, 15) is 4.79 Å². The smallest absolute Gasteiger partial charge is 0.255 e. The molecule has 1 aliphatic heterocycles. The Kier molecular flexibility index (Phi) is 4.78. The number of pyridine rings is 1. The summed E-state index contributed by atoms with van der Waals surface area (Å²) < 4.78 is 0. The number of rotatable bonds is 4. The van der Waals surface area contributed by atoms with E-state index >= 15 is 0 Å². The molecule has 2 heterocycles. The number of piperidine rings is 1. The minimum atomic E-state index is -0.0340. The Hall–Kier alpha value is -3.11. The van der Waals surface area contributed by atoms with Crippen molar-refractivity contribution in [1.29, 1.82) is 0 Å². The van der Waals surface area contributed by atoms with Crippen molar-refractivity contribution in [2.24, 2.45) is 0 Å². The zero-order chi connectivity index (χ0) is 19.6. The highest BCUT2D eigenvalue weighted by molar-refractivity contribution is 5.85. The van der Waals surface area contributed by atoms with E-state index in [4.69, 9.17) is 0 Å². The normalized spacial score (nSPS) is 17.6. The lowest BCUT2D eigenvalue weighted by molar-refractivity contribution is 0.208. The summed E-state index contributed by atoms with van der Waals surface area (Å²) in [6, 6.07) is 23.7. The van der Waals surface area contributed by atoms with Crippen LogP contribution < -0.4 is 10.9 Å². The van der Waals surface area contributed by atoms with Crippen molar-refractivity contribution in [2.75, 3.05) is 18.4 Å². The molecule has 4 nitrogen and oxygen atoms in total. The maximum atomic E-state index is 11.9. The lowest BCUT2D eigenvalue weighted by Gasteiger charge is -2.33. The Balaban J connectivity index is 1.28. The molecule has 4 heteroatoms. The van der Waals surface area contributed by atoms with Gasteiger partial charge < -0.3 is 10.3 Å². The van der Waals surface area contributed by atoms with Crippen LogP contribution in [0.15, 0.2) is 77.7 Å². The number of anilines is 1. The highest BCUT2D eigenvalue weighted by Crippen LogP contribution is 2.22. The summed E-state index contributed by atoms with van der Waals surface area (Å²) in [6.07, 6.45) is 4.07. The summed E-state index contributed by atoms with van der Waals surface area (Å²) in [7, 11) is 0. The lowest BCUT2D eigenvalue weighted by atomic mass is 10.0. The third-order valence-electron chi connectivity index (χ3n) is 5.87. The van der Waals surface area contributed by atoms with Gasteiger partial charge in [-0.05, 0) is 71.4 Å². The van der Waals surface area contributed by atoms with Crippen LogP contribution in [0.2, 0.25) is 0 Å². The maximum Gasteiger partial charge on any atom is 0.255 e. The Morgan fingerprint density at radius 3 is 2.79 bits per heavy atom. The Morgan fingerprint density at radius 2 is 1.86 bits per heavy atom. The predicted octanol–water partition coefficient (Wildman–Crippen LogP) is 4.76. The standard InChI is InChI=1S/C25H25N3O/c29-25-24-10-9-22(15-21(24)11-12-26-25)27-23-6-3-13-28(17-23)16-18-7-8-19-4-1-2-5-20(19)14-18/h1-2,4-5,7-12,14-15,23,27H,3,6,13,16-17H2,(H,26,29). The summed E-state index contributed by atoms with van der Waals surface area (Å²) in [5.74, 6) is 0. The minimum absolute atomic E-state index is 0.0340. The zero-order valence-corrected chi connectivity index (χ0v) is 16.4. The summed E-state index contributed by atoms with van der Waals surface area (Å²) in [4.78, 5) is 17.2. The van der Waals surface area contributed by atoms with Crippen LogP contribution in [0.3, 0.4) is 0 Å². The van der Waals surface area contributed by atoms with E-state index in [0.29, 0.717) is 6.04 Å². The third kappa shape index (κ3) is 3.89. The molecular formula is C25H25N3O. The predicted molar refractivity (Wildman–Crippen MR) is 120 cm³/mol. The number of aromatic nitrogens is 1. The fourth-order valence-electron chi connectivity index (χ4n) is 4.43. The van der Waals surface area contributed by atoms with Crippen LogP contribution in [0, 0.1) is 0 Å². The minimum Gasteiger partial charge on any atom is -0.381 e. The molecule has 0 bridgehead atoms. The number of H-pyrrole nitrogens is 1. The number of fused-ring (bicyclic) bond motifs is 2. The van der Waals surface area contributed by atoms with Gasteiger partial charge in [0.15, 0.2) is 0 Å². The van der Waals surface area contributed by atoms with Gasteiger partial charge in [-0.2, -0.15) is 0 Å². The van der Waals surface area contributed by atoms with E-state index in [0.717, 1.165) is 36.1 Å². The summed E-state index contributed by atoms with van der Waals surface area (Å²) in [5.41, 5.74) is 2.42. The molecule has 1 fully saturated rings. The first-order valence-corrected chi connectivity index (χ1v) is 10.3. The largest absolute Gasteiger partial charge is 0.381 e. The highest BCUT2D eigenvalue weighted by atomic mass is 16.1. The zero-order valence-electron chi connectivity index (χ0n) is 16.4. The van der Waals surface area contributed by atoms with Crippen LogP contribution in [0.5, 0.6) is 0 Å². The molecule has 0 saturated carbocycles. The molecule has 0 radical (unpaired) electrons. The number of hydrogen-bond donors (Lipinski definition) is 2. The number of likely N-dealkylation sites (tertiary alicyclic amines) is 1. The van der Waals surface area contributed by atoms with Gasteiger partial charge in [0.05, 0.1) is 0 Å². The van der Waals surface area contributed by atoms with Crippen molar-refractivity contribution in [3.63, 3.8) is 0 Å². The number of benzene rings is 3. The second-order valence-corrected chi connectivity index (χ2v) is 8.01. The fourth-order valence-corrected chi connectivity index (χ4v) is 4.43. The van der Waals surface area contributed by atoms with Crippen molar-refractivity contribution < 1.29 is 0 Å². The lowest BCUT2D eigenvalue weighted by Crippen LogP contribution is -2.41. The summed E-state index contributed by atoms with van der Waals surface area (Å²) in [5, 5.41) is 8.00. The molecule has 1 saturated heterocycles. The first-order valence-electron chi connectivity index (χ1n) is 10.3. The van der Waals surface area contributed by atoms with Gasteiger partial charge >= 0.3 is 0 Å². The Morgan fingerprint density at radius 1 is 0.966 bits per heavy atom. The maximum absolute atomic E-state index is 11.9. The van der Waals surface area contributed by atoms with Gasteiger partial charge in [0.25, 0.3) is 5.56 Å². The second kappa shape index (κ2) is 7.72. The van der Waals surface area contributed by atoms with Crippen LogP contribution in [-0.4, -0.2) is 29.0 Å². The van der Waals surface area contributed by atoms with Crippen LogP contribution in [0.25, 0.3) is 21.5 Å². The topological polar surface area (TPSA) is 48.1 Å². The quantitative estimate of drug-likeness (QED) is 0.534. The molecule has 5 rings (SSSR count). The number of nitrogens with one attached hydrogen (secondary N) is 2. The third-order valence-corrected chi connectivity index (χ3v) is 5.87. The van der Waals surface area contributed by atoms with Gasteiger partial charge in [-0.15, -0.1) is 0 Å². The van der Waals surface area contributed by atoms with Crippen molar-refractivity contribution in [2.45, 2.75) is 25.4 Å². The van der Waals surface area contributed by atoms with E-state index in [-0.39, 0.29) is 5.56 Å². The van der Waals surface area contributed by atoms with Crippen LogP contribution in [0.4, 0.5) is 5.69 Å². The Bertz CT molecular complexity index is 1210. The molecule has 0 aliphatic carbocycles. The molecule has 146 valence electrons. The van der Waals surface area contributed by atoms with E-state index in [1.807, 2.05) is 18.2 Å². The second-order valence-electron chi connectivity index (χ2n) is 8.01. The number of aromatic amines is 1. The molecule has 0 amide bonds. The average molecular weight is 383 g/mol. The first kappa shape index (κ1) is 18.0. The van der Waals surface area contributed by atoms with Gasteiger partial charge in [-0.1, -0.05) is 36.4 Å². The van der Waals surface area contributed by atoms with Crippen molar-refractivity contribution >= 4 is 27.2 Å². The summed E-state index contributed by atoms with van der Waals surface area (Å²) in [6.45, 7) is 3.15. The van der Waals surface area contributed by atoms with Crippen LogP contribution in [0.1, 0.15) is 18.4 Å².